The zero-order valence-electron chi connectivity index (χ0n) is 7.17. The van der Waals surface area contributed by atoms with Crippen LogP contribution in [0.3, 0.4) is 0 Å². The van der Waals surface area contributed by atoms with Crippen molar-refractivity contribution in [3.05, 3.63) is 35.0 Å². The molecule has 0 unspecified atom stereocenters. The third kappa shape index (κ3) is 2.21. The van der Waals surface area contributed by atoms with Crippen LogP contribution in [0.5, 0.6) is 0 Å². The van der Waals surface area contributed by atoms with Gasteiger partial charge >= 0.3 is 0 Å². The molecule has 0 bridgehead atoms. The first-order valence-corrected chi connectivity index (χ1v) is 4.98. The highest BCUT2D eigenvalue weighted by atomic mass is 35.5. The second kappa shape index (κ2) is 4.08. The van der Waals surface area contributed by atoms with Gasteiger partial charge in [0.05, 0.1) is 17.4 Å². The quantitative estimate of drug-likeness (QED) is 0.886. The number of benzene rings is 1. The molecule has 2 aromatic rings. The van der Waals surface area contributed by atoms with Gasteiger partial charge in [-0.3, -0.25) is 0 Å². The van der Waals surface area contributed by atoms with Gasteiger partial charge in [0, 0.05) is 6.07 Å². The Balaban J connectivity index is 2.29. The lowest BCUT2D eigenvalue weighted by Crippen LogP contribution is -1.95. The van der Waals surface area contributed by atoms with Gasteiger partial charge in [0.25, 0.3) is 0 Å². The van der Waals surface area contributed by atoms with Crippen LogP contribution in [0.1, 0.15) is 0 Å². The normalized spacial score (nSPS) is 10.3. The fourth-order valence-electron chi connectivity index (χ4n) is 0.971. The van der Waals surface area contributed by atoms with Crippen LogP contribution in [0.4, 0.5) is 20.3 Å². The Hall–Kier alpha value is -1.27. The molecule has 1 N–H and O–H groups in total. The number of rotatable bonds is 2. The Morgan fingerprint density at radius 2 is 2.07 bits per heavy atom. The van der Waals surface area contributed by atoms with Crippen LogP contribution >= 0.6 is 23.3 Å². The first-order valence-electron chi connectivity index (χ1n) is 3.87. The third-order valence-electron chi connectivity index (χ3n) is 1.63. The Labute approximate surface area is 93.0 Å². The van der Waals surface area contributed by atoms with Crippen molar-refractivity contribution < 1.29 is 8.78 Å². The van der Waals surface area contributed by atoms with Crippen molar-refractivity contribution in [2.75, 3.05) is 5.32 Å². The van der Waals surface area contributed by atoms with E-state index in [4.69, 9.17) is 11.6 Å². The predicted octanol–water partition coefficient (Wildman–Crippen LogP) is 3.21. The van der Waals surface area contributed by atoms with Crippen molar-refractivity contribution in [2.24, 2.45) is 0 Å². The molecule has 0 aliphatic heterocycles. The maximum atomic E-state index is 13.2. The van der Waals surface area contributed by atoms with E-state index in [9.17, 15) is 8.78 Å². The number of hydrogen-bond acceptors (Lipinski definition) is 4. The minimum absolute atomic E-state index is 0.103. The van der Waals surface area contributed by atoms with E-state index >= 15 is 0 Å². The fraction of sp³-hybridized carbons (Fsp3) is 0. The van der Waals surface area contributed by atoms with Gasteiger partial charge in [0.15, 0.2) is 11.0 Å². The zero-order valence-corrected chi connectivity index (χ0v) is 8.74. The summed E-state index contributed by atoms with van der Waals surface area (Å²) in [4.78, 5) is 0. The Morgan fingerprint density at radius 1 is 1.27 bits per heavy atom. The molecule has 0 amide bonds. The van der Waals surface area contributed by atoms with E-state index in [1.807, 2.05) is 0 Å². The van der Waals surface area contributed by atoms with Crippen LogP contribution in [0.25, 0.3) is 0 Å². The number of anilines is 2. The summed E-state index contributed by atoms with van der Waals surface area (Å²) in [5.74, 6) is -1.09. The number of halogens is 3. The minimum atomic E-state index is -0.709. The van der Waals surface area contributed by atoms with Crippen LogP contribution in [-0.4, -0.2) is 8.75 Å². The average molecular weight is 248 g/mol. The van der Waals surface area contributed by atoms with Crippen molar-refractivity contribution in [1.29, 1.82) is 0 Å². The first kappa shape index (κ1) is 10.3. The molecule has 0 aliphatic carbocycles. The van der Waals surface area contributed by atoms with Crippen molar-refractivity contribution in [2.45, 2.75) is 0 Å². The molecule has 7 heteroatoms. The summed E-state index contributed by atoms with van der Waals surface area (Å²) >= 11 is 6.55. The maximum Gasteiger partial charge on any atom is 0.187 e. The highest BCUT2D eigenvalue weighted by molar-refractivity contribution is 6.99. The van der Waals surface area contributed by atoms with E-state index in [1.165, 1.54) is 6.07 Å². The molecule has 15 heavy (non-hydrogen) atoms. The molecule has 0 radical (unpaired) electrons. The van der Waals surface area contributed by atoms with Gasteiger partial charge in [-0.2, -0.15) is 8.75 Å². The van der Waals surface area contributed by atoms with Gasteiger partial charge in [-0.1, -0.05) is 11.6 Å². The Morgan fingerprint density at radius 3 is 2.67 bits per heavy atom. The highest BCUT2D eigenvalue weighted by Gasteiger charge is 2.09. The van der Waals surface area contributed by atoms with Gasteiger partial charge in [0.1, 0.15) is 11.6 Å². The van der Waals surface area contributed by atoms with E-state index in [0.29, 0.717) is 0 Å². The summed E-state index contributed by atoms with van der Waals surface area (Å²) in [6, 6.07) is 3.18. The second-order valence-electron chi connectivity index (χ2n) is 2.65. The van der Waals surface area contributed by atoms with Crippen LogP contribution in [0.2, 0.25) is 5.15 Å². The molecule has 0 aliphatic rings. The standard InChI is InChI=1S/C8H4ClF2N3S/c9-7-8(14-15-13-7)12-6-2-1-4(10)3-5(6)11/h1-3H,(H,12,14). The molecule has 0 saturated heterocycles. The van der Waals surface area contributed by atoms with Crippen molar-refractivity contribution in [3.8, 4) is 0 Å². The Bertz CT molecular complexity index is 488. The molecule has 1 heterocycles. The van der Waals surface area contributed by atoms with Crippen LogP contribution in [0, 0.1) is 11.6 Å². The fourth-order valence-corrected chi connectivity index (χ4v) is 1.62. The minimum Gasteiger partial charge on any atom is -0.334 e. The lowest BCUT2D eigenvalue weighted by atomic mass is 10.3. The van der Waals surface area contributed by atoms with Crippen LogP contribution in [-0.2, 0) is 0 Å². The first-order chi connectivity index (χ1) is 7.16. The summed E-state index contributed by atoms with van der Waals surface area (Å²) in [5, 5.41) is 2.77. The molecule has 2 rings (SSSR count). The number of aromatic nitrogens is 2. The number of hydrogen-bond donors (Lipinski definition) is 1. The van der Waals surface area contributed by atoms with E-state index in [0.717, 1.165) is 23.9 Å². The molecule has 78 valence electrons. The van der Waals surface area contributed by atoms with E-state index < -0.39 is 11.6 Å². The molecule has 0 saturated carbocycles. The van der Waals surface area contributed by atoms with Crippen LogP contribution in [0.15, 0.2) is 18.2 Å². The molecule has 3 nitrogen and oxygen atoms in total. The summed E-state index contributed by atoms with van der Waals surface area (Å²) < 4.78 is 33.3. The molecule has 1 aromatic heterocycles. The Kier molecular flexibility index (Phi) is 2.79. The van der Waals surface area contributed by atoms with E-state index in [2.05, 4.69) is 14.1 Å². The van der Waals surface area contributed by atoms with E-state index in [1.54, 1.807) is 0 Å². The van der Waals surface area contributed by atoms with Gasteiger partial charge in [-0.05, 0) is 12.1 Å². The summed E-state index contributed by atoms with van der Waals surface area (Å²) in [7, 11) is 0. The number of nitrogens with one attached hydrogen (secondary N) is 1. The lowest BCUT2D eigenvalue weighted by molar-refractivity contribution is 0.586. The molecule has 1 aromatic carbocycles. The second-order valence-corrected chi connectivity index (χ2v) is 3.54. The molecule has 0 fully saturated rings. The van der Waals surface area contributed by atoms with Gasteiger partial charge in [0.2, 0.25) is 0 Å². The third-order valence-corrected chi connectivity index (χ3v) is 2.52. The van der Waals surface area contributed by atoms with Crippen molar-refractivity contribution in [3.63, 3.8) is 0 Å². The van der Waals surface area contributed by atoms with Crippen molar-refractivity contribution in [1.82, 2.24) is 8.75 Å². The zero-order chi connectivity index (χ0) is 10.8. The van der Waals surface area contributed by atoms with Crippen molar-refractivity contribution >= 4 is 34.8 Å². The number of nitrogens with zero attached hydrogens (tertiary/aromatic N) is 2. The maximum absolute atomic E-state index is 13.2. The lowest BCUT2D eigenvalue weighted by Gasteiger charge is -2.03. The SMILES string of the molecule is Fc1ccc(Nc2nsnc2Cl)c(F)c1. The highest BCUT2D eigenvalue weighted by Crippen LogP contribution is 2.24. The summed E-state index contributed by atoms with van der Waals surface area (Å²) in [6.45, 7) is 0. The molecule has 0 spiro atoms. The van der Waals surface area contributed by atoms with E-state index in [-0.39, 0.29) is 16.7 Å². The van der Waals surface area contributed by atoms with Gasteiger partial charge in [-0.25, -0.2) is 8.78 Å². The topological polar surface area (TPSA) is 37.8 Å². The van der Waals surface area contributed by atoms with Gasteiger partial charge in [-0.15, -0.1) is 0 Å². The smallest absolute Gasteiger partial charge is 0.187 e. The molecular weight excluding hydrogens is 244 g/mol. The predicted molar refractivity (Wildman–Crippen MR) is 54.6 cm³/mol. The average Bonchev–Trinajstić information content (AvgIpc) is 2.57. The largest absolute Gasteiger partial charge is 0.334 e. The monoisotopic (exact) mass is 247 g/mol. The molecular formula is C8H4ClF2N3S. The van der Waals surface area contributed by atoms with Gasteiger partial charge < -0.3 is 5.32 Å². The van der Waals surface area contributed by atoms with Crippen LogP contribution < -0.4 is 5.32 Å². The summed E-state index contributed by atoms with van der Waals surface area (Å²) in [6.07, 6.45) is 0. The summed E-state index contributed by atoms with van der Waals surface area (Å²) in [5.41, 5.74) is 0.103. The molecule has 0 atom stereocenters.